The van der Waals surface area contributed by atoms with Crippen molar-refractivity contribution in [3.63, 3.8) is 0 Å². The maximum Gasteiger partial charge on any atom is 0.309 e. The van der Waals surface area contributed by atoms with Crippen LogP contribution in [-0.2, 0) is 9.53 Å². The van der Waals surface area contributed by atoms with Crippen LogP contribution < -0.4 is 5.73 Å². The summed E-state index contributed by atoms with van der Waals surface area (Å²) < 4.78 is 7.13. The maximum absolute atomic E-state index is 12.2. The number of esters is 1. The Morgan fingerprint density at radius 2 is 2.00 bits per heavy atom. The second kappa shape index (κ2) is 5.83. The monoisotopic (exact) mass is 316 g/mol. The van der Waals surface area contributed by atoms with Crippen molar-refractivity contribution >= 4 is 17.4 Å². The van der Waals surface area contributed by atoms with Crippen LogP contribution >= 0.6 is 0 Å². The van der Waals surface area contributed by atoms with Crippen molar-refractivity contribution in [1.29, 1.82) is 0 Å². The van der Waals surface area contributed by atoms with Crippen LogP contribution in [0.25, 0.3) is 5.65 Å². The third kappa shape index (κ3) is 3.46. The van der Waals surface area contributed by atoms with Gasteiger partial charge in [-0.25, -0.2) is 4.98 Å². The second-order valence-corrected chi connectivity index (χ2v) is 7.29. The number of hydrogen-bond acceptors (Lipinski definition) is 5. The number of rotatable bonds is 2. The van der Waals surface area contributed by atoms with Crippen molar-refractivity contribution in [2.75, 3.05) is 5.73 Å². The molecule has 23 heavy (non-hydrogen) atoms. The van der Waals surface area contributed by atoms with Crippen molar-refractivity contribution < 1.29 is 9.53 Å². The summed E-state index contributed by atoms with van der Waals surface area (Å²) >= 11 is 0. The summed E-state index contributed by atoms with van der Waals surface area (Å²) in [6.07, 6.45) is 5.24. The van der Waals surface area contributed by atoms with Gasteiger partial charge in [0.05, 0.1) is 12.1 Å². The summed E-state index contributed by atoms with van der Waals surface area (Å²) in [7, 11) is 0. The molecule has 0 atom stereocenters. The summed E-state index contributed by atoms with van der Waals surface area (Å²) in [4.78, 5) is 16.8. The average Bonchev–Trinajstić information content (AvgIpc) is 2.94. The van der Waals surface area contributed by atoms with E-state index in [1.165, 1.54) is 0 Å². The van der Waals surface area contributed by atoms with Gasteiger partial charge in [0.2, 0.25) is 0 Å². The van der Waals surface area contributed by atoms with Gasteiger partial charge < -0.3 is 10.5 Å². The highest BCUT2D eigenvalue weighted by Crippen LogP contribution is 2.36. The zero-order chi connectivity index (χ0) is 16.6. The van der Waals surface area contributed by atoms with Crippen LogP contribution in [0, 0.1) is 5.92 Å². The highest BCUT2D eigenvalue weighted by Gasteiger charge is 2.31. The molecule has 6 nitrogen and oxygen atoms in total. The first-order chi connectivity index (χ1) is 10.8. The Morgan fingerprint density at radius 1 is 1.30 bits per heavy atom. The van der Waals surface area contributed by atoms with E-state index in [9.17, 15) is 4.79 Å². The van der Waals surface area contributed by atoms with E-state index < -0.39 is 5.60 Å². The Balaban J connectivity index is 1.67. The molecule has 0 aliphatic heterocycles. The number of nitrogens with zero attached hydrogens (tertiary/aromatic N) is 3. The Hall–Kier alpha value is -2.11. The van der Waals surface area contributed by atoms with E-state index in [1.54, 1.807) is 10.7 Å². The van der Waals surface area contributed by atoms with Crippen LogP contribution in [0.4, 0.5) is 5.82 Å². The van der Waals surface area contributed by atoms with Crippen LogP contribution in [0.5, 0.6) is 0 Å². The summed E-state index contributed by atoms with van der Waals surface area (Å²) in [6, 6.07) is 3.75. The largest absolute Gasteiger partial charge is 0.460 e. The van der Waals surface area contributed by atoms with E-state index in [1.807, 2.05) is 32.9 Å². The molecule has 2 heterocycles. The van der Waals surface area contributed by atoms with Gasteiger partial charge in [0, 0.05) is 23.7 Å². The van der Waals surface area contributed by atoms with Gasteiger partial charge in [-0.1, -0.05) is 0 Å². The lowest BCUT2D eigenvalue weighted by atomic mass is 9.80. The lowest BCUT2D eigenvalue weighted by Gasteiger charge is -2.29. The van der Waals surface area contributed by atoms with E-state index in [-0.39, 0.29) is 11.9 Å². The molecule has 2 N–H and O–H groups in total. The SMILES string of the molecule is CC(C)(C)OC(=O)C1CCC(c2cc(N)n3nccc3n2)CC1. The van der Waals surface area contributed by atoms with Gasteiger partial charge >= 0.3 is 5.97 Å². The van der Waals surface area contributed by atoms with Crippen molar-refractivity contribution in [3.8, 4) is 0 Å². The van der Waals surface area contributed by atoms with Crippen LogP contribution in [0.2, 0.25) is 0 Å². The minimum Gasteiger partial charge on any atom is -0.460 e. The van der Waals surface area contributed by atoms with E-state index in [0.717, 1.165) is 37.0 Å². The first-order valence-corrected chi connectivity index (χ1v) is 8.16. The lowest BCUT2D eigenvalue weighted by molar-refractivity contribution is -0.161. The number of nitrogens with two attached hydrogens (primary N) is 1. The maximum atomic E-state index is 12.2. The van der Waals surface area contributed by atoms with Crippen molar-refractivity contribution in [2.24, 2.45) is 5.92 Å². The fraction of sp³-hybridized carbons (Fsp3) is 0.588. The average molecular weight is 316 g/mol. The molecule has 3 rings (SSSR count). The molecule has 0 radical (unpaired) electrons. The van der Waals surface area contributed by atoms with Crippen molar-refractivity contribution in [2.45, 2.75) is 58.0 Å². The van der Waals surface area contributed by atoms with Crippen molar-refractivity contribution in [3.05, 3.63) is 24.0 Å². The number of fused-ring (bicyclic) bond motifs is 1. The number of nitrogen functional groups attached to an aromatic ring is 1. The molecule has 0 amide bonds. The Kier molecular flexibility index (Phi) is 4.00. The van der Waals surface area contributed by atoms with Gasteiger partial charge in [0.1, 0.15) is 11.4 Å². The van der Waals surface area contributed by atoms with Gasteiger partial charge in [-0.05, 0) is 46.5 Å². The smallest absolute Gasteiger partial charge is 0.309 e. The van der Waals surface area contributed by atoms with Gasteiger partial charge in [-0.2, -0.15) is 9.61 Å². The highest BCUT2D eigenvalue weighted by atomic mass is 16.6. The van der Waals surface area contributed by atoms with Crippen LogP contribution in [0.3, 0.4) is 0 Å². The number of ether oxygens (including phenoxy) is 1. The van der Waals surface area contributed by atoms with E-state index in [0.29, 0.717) is 11.7 Å². The van der Waals surface area contributed by atoms with Gasteiger partial charge in [-0.3, -0.25) is 4.79 Å². The standard InChI is InChI=1S/C17H24N4O2/c1-17(2,3)23-16(22)12-6-4-11(5-7-12)13-10-14(18)21-15(20-13)8-9-19-21/h8-12H,4-7,18H2,1-3H3. The molecule has 0 bridgehead atoms. The molecule has 0 unspecified atom stereocenters. The van der Waals surface area contributed by atoms with E-state index >= 15 is 0 Å². The highest BCUT2D eigenvalue weighted by molar-refractivity contribution is 5.73. The zero-order valence-corrected chi connectivity index (χ0v) is 14.0. The van der Waals surface area contributed by atoms with E-state index in [4.69, 9.17) is 10.5 Å². The normalized spacial score (nSPS) is 22.2. The van der Waals surface area contributed by atoms with Crippen molar-refractivity contribution in [1.82, 2.24) is 14.6 Å². The van der Waals surface area contributed by atoms with Crippen LogP contribution in [-0.4, -0.2) is 26.2 Å². The molecule has 1 fully saturated rings. The molecule has 2 aromatic heterocycles. The summed E-state index contributed by atoms with van der Waals surface area (Å²) in [5.41, 5.74) is 7.39. The second-order valence-electron chi connectivity index (χ2n) is 7.29. The third-order valence-electron chi connectivity index (χ3n) is 4.29. The minimum absolute atomic E-state index is 0.00141. The van der Waals surface area contributed by atoms with Crippen LogP contribution in [0.15, 0.2) is 18.3 Å². The van der Waals surface area contributed by atoms with Gasteiger partial charge in [0.25, 0.3) is 0 Å². The topological polar surface area (TPSA) is 82.5 Å². The zero-order valence-electron chi connectivity index (χ0n) is 14.0. The molecule has 0 saturated heterocycles. The third-order valence-corrected chi connectivity index (χ3v) is 4.29. The number of hydrogen-bond donors (Lipinski definition) is 1. The first kappa shape index (κ1) is 15.8. The number of aromatic nitrogens is 3. The summed E-state index contributed by atoms with van der Waals surface area (Å²) in [5, 5.41) is 4.14. The molecule has 0 aromatic carbocycles. The van der Waals surface area contributed by atoms with Gasteiger partial charge in [-0.15, -0.1) is 0 Å². The van der Waals surface area contributed by atoms with Gasteiger partial charge in [0.15, 0.2) is 5.65 Å². The molecular weight excluding hydrogens is 292 g/mol. The molecule has 1 aliphatic rings. The minimum atomic E-state index is -0.420. The fourth-order valence-electron chi connectivity index (χ4n) is 3.18. The Morgan fingerprint density at radius 3 is 2.65 bits per heavy atom. The molecule has 6 heteroatoms. The summed E-state index contributed by atoms with van der Waals surface area (Å²) in [5.74, 6) is 0.872. The predicted octanol–water partition coefficient (Wildman–Crippen LogP) is 2.93. The molecule has 1 aliphatic carbocycles. The molecular formula is C17H24N4O2. The molecule has 2 aromatic rings. The molecule has 0 spiro atoms. The summed E-state index contributed by atoms with van der Waals surface area (Å²) in [6.45, 7) is 5.72. The number of carbonyl (C=O) groups excluding carboxylic acids is 1. The van der Waals surface area contributed by atoms with E-state index in [2.05, 4.69) is 10.1 Å². The predicted molar refractivity (Wildman–Crippen MR) is 87.9 cm³/mol. The first-order valence-electron chi connectivity index (χ1n) is 8.16. The molecule has 1 saturated carbocycles. The fourth-order valence-corrected chi connectivity index (χ4v) is 3.18. The van der Waals surface area contributed by atoms with Crippen LogP contribution in [0.1, 0.15) is 58.1 Å². The molecule has 124 valence electrons. The number of anilines is 1. The Labute approximate surface area is 136 Å². The Bertz CT molecular complexity index is 709. The number of carbonyl (C=O) groups is 1. The lowest BCUT2D eigenvalue weighted by Crippen LogP contribution is -2.30. The quantitative estimate of drug-likeness (QED) is 0.861.